The molecule has 4 heteroatoms. The van der Waals surface area contributed by atoms with Crippen LogP contribution in [0.4, 0.5) is 0 Å². The molecule has 0 radical (unpaired) electrons. The maximum atomic E-state index is 11.7. The van der Waals surface area contributed by atoms with E-state index in [4.69, 9.17) is 5.21 Å². The first kappa shape index (κ1) is 15.5. The molecule has 0 fully saturated rings. The molecule has 0 spiro atoms. The van der Waals surface area contributed by atoms with Crippen molar-refractivity contribution >= 4 is 23.3 Å². The highest BCUT2D eigenvalue weighted by Gasteiger charge is 2.23. The zero-order chi connectivity index (χ0) is 13.0. The second-order valence-electron chi connectivity index (χ2n) is 5.96. The number of thioether (sulfide) groups is 1. The maximum Gasteiger partial charge on any atom is 0.148 e. The second kappa shape index (κ2) is 5.71. The number of rotatable bonds is 4. The van der Waals surface area contributed by atoms with Gasteiger partial charge in [0, 0.05) is 16.6 Å². The summed E-state index contributed by atoms with van der Waals surface area (Å²) in [6.45, 7) is 11.7. The van der Waals surface area contributed by atoms with Crippen molar-refractivity contribution in [1.29, 1.82) is 0 Å². The summed E-state index contributed by atoms with van der Waals surface area (Å²) >= 11 is 1.51. The van der Waals surface area contributed by atoms with E-state index in [0.717, 1.165) is 5.71 Å². The average molecular weight is 245 g/mol. The molecule has 0 bridgehead atoms. The van der Waals surface area contributed by atoms with E-state index in [-0.39, 0.29) is 16.6 Å². The summed E-state index contributed by atoms with van der Waals surface area (Å²) in [7, 11) is 0. The molecule has 1 N–H and O–H groups in total. The van der Waals surface area contributed by atoms with Crippen LogP contribution in [0.25, 0.3) is 0 Å². The molecule has 0 amide bonds. The minimum absolute atomic E-state index is 0.146. The second-order valence-corrected chi connectivity index (χ2v) is 6.95. The monoisotopic (exact) mass is 245 g/mol. The molecular formula is C12H23NO2S. The summed E-state index contributed by atoms with van der Waals surface area (Å²) in [5.74, 6) is 1.30. The number of ketones is 1. The van der Waals surface area contributed by atoms with Crippen molar-refractivity contribution in [2.24, 2.45) is 16.0 Å². The average Bonchev–Trinajstić information content (AvgIpc) is 2.08. The molecule has 0 atom stereocenters. The van der Waals surface area contributed by atoms with Crippen LogP contribution in [0.2, 0.25) is 0 Å². The summed E-state index contributed by atoms with van der Waals surface area (Å²) < 4.78 is 0. The molecule has 0 aliphatic carbocycles. The van der Waals surface area contributed by atoms with Crippen molar-refractivity contribution in [3.05, 3.63) is 0 Å². The number of oxime groups is 1. The normalized spacial score (nSPS) is 14.0. The highest BCUT2D eigenvalue weighted by molar-refractivity contribution is 8.00. The Morgan fingerprint density at radius 1 is 1.06 bits per heavy atom. The quantitative estimate of drug-likeness (QED) is 0.470. The smallest absolute Gasteiger partial charge is 0.148 e. The molecule has 0 unspecified atom stereocenters. The van der Waals surface area contributed by atoms with Gasteiger partial charge in [0.1, 0.15) is 5.78 Å². The lowest BCUT2D eigenvalue weighted by Gasteiger charge is -2.20. The van der Waals surface area contributed by atoms with Gasteiger partial charge in [-0.3, -0.25) is 4.79 Å². The minimum Gasteiger partial charge on any atom is -0.411 e. The summed E-state index contributed by atoms with van der Waals surface area (Å²) in [6.07, 6.45) is 0. The van der Waals surface area contributed by atoms with Crippen LogP contribution >= 0.6 is 11.8 Å². The molecule has 0 aliphatic rings. The number of carbonyl (C=O) groups is 1. The van der Waals surface area contributed by atoms with Gasteiger partial charge >= 0.3 is 0 Å². The Morgan fingerprint density at radius 3 is 1.88 bits per heavy atom. The Morgan fingerprint density at radius 2 is 1.56 bits per heavy atom. The minimum atomic E-state index is -0.286. The molecule has 0 heterocycles. The van der Waals surface area contributed by atoms with Crippen molar-refractivity contribution in [2.75, 3.05) is 11.5 Å². The van der Waals surface area contributed by atoms with Crippen molar-refractivity contribution in [2.45, 2.75) is 41.5 Å². The number of hydrogen-bond acceptors (Lipinski definition) is 4. The largest absolute Gasteiger partial charge is 0.411 e. The summed E-state index contributed by atoms with van der Waals surface area (Å²) in [6, 6.07) is 0. The van der Waals surface area contributed by atoms with Crippen LogP contribution in [0.3, 0.4) is 0 Å². The molecular weight excluding hydrogens is 222 g/mol. The van der Waals surface area contributed by atoms with E-state index in [1.807, 2.05) is 41.5 Å². The predicted octanol–water partition coefficient (Wildman–Crippen LogP) is 3.21. The lowest BCUT2D eigenvalue weighted by molar-refractivity contribution is -0.123. The number of nitrogens with zero attached hydrogens (tertiary/aromatic N) is 1. The standard InChI is InChI=1S/C12H23NO2S/c1-11(2,3)9(13-15)7-16-8-10(14)12(4,5)6/h15H,7-8H2,1-6H3/b13-9-. The van der Waals surface area contributed by atoms with Gasteiger partial charge in [-0.2, -0.15) is 0 Å². The Kier molecular flexibility index (Phi) is 5.53. The van der Waals surface area contributed by atoms with Crippen LogP contribution in [-0.2, 0) is 4.79 Å². The first-order chi connectivity index (χ1) is 7.09. The van der Waals surface area contributed by atoms with E-state index in [2.05, 4.69) is 5.16 Å². The van der Waals surface area contributed by atoms with E-state index in [1.54, 1.807) is 0 Å². The third-order valence-electron chi connectivity index (χ3n) is 2.29. The molecule has 0 rings (SSSR count). The third kappa shape index (κ3) is 5.54. The van der Waals surface area contributed by atoms with Crippen LogP contribution in [0.15, 0.2) is 5.16 Å². The molecule has 0 aliphatic heterocycles. The predicted molar refractivity (Wildman–Crippen MR) is 70.5 cm³/mol. The fourth-order valence-corrected chi connectivity index (χ4v) is 2.26. The molecule has 0 aromatic heterocycles. The molecule has 16 heavy (non-hydrogen) atoms. The highest BCUT2D eigenvalue weighted by atomic mass is 32.2. The van der Waals surface area contributed by atoms with E-state index in [9.17, 15) is 4.79 Å². The third-order valence-corrected chi connectivity index (χ3v) is 3.24. The van der Waals surface area contributed by atoms with E-state index < -0.39 is 0 Å². The zero-order valence-corrected chi connectivity index (χ0v) is 11.9. The van der Waals surface area contributed by atoms with Crippen molar-refractivity contribution in [3.8, 4) is 0 Å². The van der Waals surface area contributed by atoms with Crippen molar-refractivity contribution in [3.63, 3.8) is 0 Å². The van der Waals surface area contributed by atoms with Gasteiger partial charge in [-0.1, -0.05) is 46.7 Å². The topological polar surface area (TPSA) is 49.7 Å². The fraction of sp³-hybridized carbons (Fsp3) is 0.833. The van der Waals surface area contributed by atoms with Gasteiger partial charge in [-0.05, 0) is 0 Å². The SMILES string of the molecule is CC(C)(C)C(=O)CSC/C(=N/O)C(C)(C)C. The summed E-state index contributed by atoms with van der Waals surface area (Å²) in [5.41, 5.74) is 0.289. The van der Waals surface area contributed by atoms with Gasteiger partial charge in [0.25, 0.3) is 0 Å². The molecule has 94 valence electrons. The first-order valence-corrected chi connectivity index (χ1v) is 6.57. The maximum absolute atomic E-state index is 11.7. The highest BCUT2D eigenvalue weighted by Crippen LogP contribution is 2.22. The molecule has 0 saturated heterocycles. The van der Waals surface area contributed by atoms with Gasteiger partial charge < -0.3 is 5.21 Å². The molecule has 0 aromatic carbocycles. The van der Waals surface area contributed by atoms with E-state index >= 15 is 0 Å². The van der Waals surface area contributed by atoms with Gasteiger partial charge in [0.15, 0.2) is 0 Å². The fourth-order valence-electron chi connectivity index (χ4n) is 0.852. The zero-order valence-electron chi connectivity index (χ0n) is 11.1. The number of carbonyl (C=O) groups excluding carboxylic acids is 1. The Hall–Kier alpha value is -0.510. The molecule has 0 saturated carbocycles. The number of hydrogen-bond donors (Lipinski definition) is 1. The first-order valence-electron chi connectivity index (χ1n) is 5.41. The van der Waals surface area contributed by atoms with Crippen molar-refractivity contribution < 1.29 is 10.0 Å². The Labute approximate surface area is 103 Å². The molecule has 3 nitrogen and oxygen atoms in total. The van der Waals surface area contributed by atoms with Crippen LogP contribution in [-0.4, -0.2) is 28.2 Å². The summed E-state index contributed by atoms with van der Waals surface area (Å²) in [5, 5.41) is 12.2. The lowest BCUT2D eigenvalue weighted by Crippen LogP contribution is -2.25. The van der Waals surface area contributed by atoms with Gasteiger partial charge in [-0.15, -0.1) is 11.8 Å². The van der Waals surface area contributed by atoms with Crippen LogP contribution < -0.4 is 0 Å². The van der Waals surface area contributed by atoms with Crippen LogP contribution in [0.5, 0.6) is 0 Å². The van der Waals surface area contributed by atoms with E-state index in [0.29, 0.717) is 11.5 Å². The van der Waals surface area contributed by atoms with Crippen LogP contribution in [0.1, 0.15) is 41.5 Å². The van der Waals surface area contributed by atoms with Gasteiger partial charge in [0.05, 0.1) is 11.5 Å². The number of Topliss-reactive ketones (excluding diaryl/α,β-unsaturated/α-hetero) is 1. The Balaban J connectivity index is 4.14. The lowest BCUT2D eigenvalue weighted by atomic mass is 9.91. The van der Waals surface area contributed by atoms with Gasteiger partial charge in [0.2, 0.25) is 0 Å². The Bertz CT molecular complexity index is 272. The van der Waals surface area contributed by atoms with Gasteiger partial charge in [-0.25, -0.2) is 0 Å². The van der Waals surface area contributed by atoms with E-state index in [1.165, 1.54) is 11.8 Å². The van der Waals surface area contributed by atoms with Crippen molar-refractivity contribution in [1.82, 2.24) is 0 Å². The molecule has 0 aromatic rings. The summed E-state index contributed by atoms with van der Waals surface area (Å²) in [4.78, 5) is 11.7. The van der Waals surface area contributed by atoms with Crippen LogP contribution in [0, 0.1) is 10.8 Å².